The number of Topliss-reactive ketones (excluding diaryl/α,β-unsaturated/α-hetero) is 1. The molecule has 0 saturated carbocycles. The highest BCUT2D eigenvalue weighted by Gasteiger charge is 2.27. The van der Waals surface area contributed by atoms with Crippen molar-refractivity contribution in [1.82, 2.24) is 0 Å². The molecule has 0 bridgehead atoms. The van der Waals surface area contributed by atoms with Gasteiger partial charge in [-0.1, -0.05) is 11.6 Å². The molecule has 0 radical (unpaired) electrons. The maximum absolute atomic E-state index is 13.0. The van der Waals surface area contributed by atoms with Gasteiger partial charge in [0.1, 0.15) is 0 Å². The van der Waals surface area contributed by atoms with Crippen molar-refractivity contribution in [2.45, 2.75) is 12.8 Å². The molecule has 2 aromatic rings. The second kappa shape index (κ2) is 6.49. The molecule has 1 aliphatic heterocycles. The molecule has 3 rings (SSSR count). The molecule has 1 heterocycles. The van der Waals surface area contributed by atoms with Gasteiger partial charge in [-0.15, -0.1) is 0 Å². The lowest BCUT2D eigenvalue weighted by Gasteiger charge is -2.23. The molecule has 2 N–H and O–H groups in total. The van der Waals surface area contributed by atoms with E-state index in [0.717, 1.165) is 3.57 Å². The van der Waals surface area contributed by atoms with Crippen LogP contribution in [-0.4, -0.2) is 18.2 Å². The van der Waals surface area contributed by atoms with Crippen LogP contribution in [0.25, 0.3) is 0 Å². The zero-order valence-corrected chi connectivity index (χ0v) is 15.1. The highest BCUT2D eigenvalue weighted by atomic mass is 127. The zero-order valence-electron chi connectivity index (χ0n) is 12.2. The number of ketones is 1. The van der Waals surface area contributed by atoms with Crippen molar-refractivity contribution < 1.29 is 9.59 Å². The molecule has 1 amide bonds. The van der Waals surface area contributed by atoms with E-state index in [9.17, 15) is 9.59 Å². The van der Waals surface area contributed by atoms with Gasteiger partial charge >= 0.3 is 0 Å². The molecule has 0 saturated heterocycles. The number of hydrogen-bond acceptors (Lipinski definition) is 3. The third kappa shape index (κ3) is 3.21. The van der Waals surface area contributed by atoms with E-state index in [2.05, 4.69) is 22.6 Å². The zero-order chi connectivity index (χ0) is 16.6. The topological polar surface area (TPSA) is 63.4 Å². The predicted octanol–water partition coefficient (Wildman–Crippen LogP) is 4.15. The molecule has 23 heavy (non-hydrogen) atoms. The average Bonchev–Trinajstić information content (AvgIpc) is 2.66. The Morgan fingerprint density at radius 3 is 2.74 bits per heavy atom. The summed E-state index contributed by atoms with van der Waals surface area (Å²) in [5, 5.41) is 0.494. The summed E-state index contributed by atoms with van der Waals surface area (Å²) in [7, 11) is 0. The van der Waals surface area contributed by atoms with E-state index in [-0.39, 0.29) is 11.7 Å². The first kappa shape index (κ1) is 16.3. The number of nitrogens with two attached hydrogens (primary N) is 1. The van der Waals surface area contributed by atoms with Crippen molar-refractivity contribution >= 4 is 57.3 Å². The second-order valence-corrected chi connectivity index (χ2v) is 6.98. The Morgan fingerprint density at radius 2 is 2.00 bits per heavy atom. The summed E-state index contributed by atoms with van der Waals surface area (Å²) in [5.74, 6) is -0.113. The van der Waals surface area contributed by atoms with Gasteiger partial charge in [-0.3, -0.25) is 9.59 Å². The molecule has 0 aromatic heterocycles. The molecule has 0 unspecified atom stereocenters. The van der Waals surface area contributed by atoms with Gasteiger partial charge in [0.25, 0.3) is 5.91 Å². The summed E-state index contributed by atoms with van der Waals surface area (Å²) in [6.07, 6.45) is 1.04. The number of hydrogen-bond donors (Lipinski definition) is 1. The van der Waals surface area contributed by atoms with Crippen molar-refractivity contribution in [3.05, 3.63) is 56.1 Å². The summed E-state index contributed by atoms with van der Waals surface area (Å²) in [4.78, 5) is 26.9. The second-order valence-electron chi connectivity index (χ2n) is 5.38. The number of carbonyl (C=O) groups is 2. The molecular formula is C17H14ClIN2O2. The molecule has 0 aliphatic carbocycles. The molecular weight excluding hydrogens is 427 g/mol. The Labute approximate surface area is 152 Å². The average molecular weight is 441 g/mol. The number of nitrogens with zero attached hydrogens (tertiary/aromatic N) is 1. The largest absolute Gasteiger partial charge is 0.399 e. The van der Waals surface area contributed by atoms with Crippen molar-refractivity contribution in [1.29, 1.82) is 0 Å². The van der Waals surface area contributed by atoms with E-state index in [1.54, 1.807) is 41.3 Å². The van der Waals surface area contributed by atoms with Gasteiger partial charge in [0.05, 0.1) is 11.3 Å². The number of fused-ring (bicyclic) bond motifs is 1. The van der Waals surface area contributed by atoms with Crippen molar-refractivity contribution in [2.24, 2.45) is 0 Å². The fraction of sp³-hybridized carbons (Fsp3) is 0.176. The summed E-state index contributed by atoms with van der Waals surface area (Å²) in [6.45, 7) is 0.500. The number of rotatable bonds is 1. The van der Waals surface area contributed by atoms with Crippen LogP contribution in [0.3, 0.4) is 0 Å². The Kier molecular flexibility index (Phi) is 4.59. The predicted molar refractivity (Wildman–Crippen MR) is 100 cm³/mol. The van der Waals surface area contributed by atoms with Crippen LogP contribution >= 0.6 is 34.2 Å². The van der Waals surface area contributed by atoms with Gasteiger partial charge in [-0.05, 0) is 65.4 Å². The van der Waals surface area contributed by atoms with Gasteiger partial charge in [0.2, 0.25) is 0 Å². The van der Waals surface area contributed by atoms with Crippen LogP contribution in [0, 0.1) is 3.57 Å². The highest BCUT2D eigenvalue weighted by Crippen LogP contribution is 2.31. The molecule has 118 valence electrons. The minimum absolute atomic E-state index is 0.0183. The fourth-order valence-corrected chi connectivity index (χ4v) is 3.62. The van der Waals surface area contributed by atoms with Crippen LogP contribution in [0.4, 0.5) is 11.4 Å². The smallest absolute Gasteiger partial charge is 0.259 e. The molecule has 0 fully saturated rings. The van der Waals surface area contributed by atoms with E-state index in [4.69, 9.17) is 17.3 Å². The third-order valence-electron chi connectivity index (χ3n) is 3.80. The Morgan fingerprint density at radius 1 is 1.22 bits per heavy atom. The van der Waals surface area contributed by atoms with Crippen LogP contribution in [-0.2, 0) is 0 Å². The Balaban J connectivity index is 2.07. The normalized spacial score (nSPS) is 14.3. The van der Waals surface area contributed by atoms with E-state index in [0.29, 0.717) is 46.9 Å². The molecule has 2 aromatic carbocycles. The van der Waals surface area contributed by atoms with Crippen LogP contribution < -0.4 is 10.6 Å². The fourth-order valence-electron chi connectivity index (χ4n) is 2.68. The minimum Gasteiger partial charge on any atom is -0.399 e. The first-order chi connectivity index (χ1) is 11.0. The van der Waals surface area contributed by atoms with Gasteiger partial charge in [-0.2, -0.15) is 0 Å². The van der Waals surface area contributed by atoms with Crippen LogP contribution in [0.5, 0.6) is 0 Å². The van der Waals surface area contributed by atoms with Gasteiger partial charge < -0.3 is 10.6 Å². The highest BCUT2D eigenvalue weighted by molar-refractivity contribution is 14.1. The summed E-state index contributed by atoms with van der Waals surface area (Å²) >= 11 is 8.11. The molecule has 0 atom stereocenters. The summed E-state index contributed by atoms with van der Waals surface area (Å²) in [6, 6.07) is 10.3. The molecule has 4 nitrogen and oxygen atoms in total. The minimum atomic E-state index is -0.132. The number of halogens is 2. The number of carbonyl (C=O) groups excluding carboxylic acids is 2. The number of amides is 1. The SMILES string of the molecule is Nc1ccc(C(=O)N2CCCC(=O)c3cc(Cl)ccc32)c(I)c1. The summed E-state index contributed by atoms with van der Waals surface area (Å²) < 4.78 is 0.790. The number of nitrogen functional groups attached to an aromatic ring is 1. The first-order valence-electron chi connectivity index (χ1n) is 7.17. The Bertz CT molecular complexity index is 807. The van der Waals surface area contributed by atoms with Gasteiger partial charge in [0, 0.05) is 32.8 Å². The first-order valence-corrected chi connectivity index (χ1v) is 8.62. The lowest BCUT2D eigenvalue weighted by Crippen LogP contribution is -2.32. The molecule has 6 heteroatoms. The van der Waals surface area contributed by atoms with Crippen molar-refractivity contribution in [3.63, 3.8) is 0 Å². The van der Waals surface area contributed by atoms with Crippen LogP contribution in [0.2, 0.25) is 5.02 Å². The van der Waals surface area contributed by atoms with E-state index in [1.165, 1.54) is 0 Å². The lowest BCUT2D eigenvalue weighted by atomic mass is 10.1. The van der Waals surface area contributed by atoms with Crippen LogP contribution in [0.15, 0.2) is 36.4 Å². The van der Waals surface area contributed by atoms with Gasteiger partial charge in [0.15, 0.2) is 5.78 Å². The van der Waals surface area contributed by atoms with Crippen molar-refractivity contribution in [2.75, 3.05) is 17.2 Å². The van der Waals surface area contributed by atoms with Crippen LogP contribution in [0.1, 0.15) is 33.6 Å². The molecule has 0 spiro atoms. The summed E-state index contributed by atoms with van der Waals surface area (Å²) in [5.41, 5.74) is 8.08. The Hall–Kier alpha value is -1.60. The van der Waals surface area contributed by atoms with Crippen molar-refractivity contribution in [3.8, 4) is 0 Å². The lowest BCUT2D eigenvalue weighted by molar-refractivity contribution is 0.0973. The van der Waals surface area contributed by atoms with E-state index in [1.807, 2.05) is 0 Å². The third-order valence-corrected chi connectivity index (χ3v) is 4.93. The number of anilines is 2. The maximum atomic E-state index is 13.0. The quantitative estimate of drug-likeness (QED) is 0.535. The molecule has 1 aliphatic rings. The maximum Gasteiger partial charge on any atom is 0.259 e. The monoisotopic (exact) mass is 440 g/mol. The van der Waals surface area contributed by atoms with Gasteiger partial charge in [-0.25, -0.2) is 0 Å². The van der Waals surface area contributed by atoms with E-state index >= 15 is 0 Å². The standard InChI is InChI=1S/C17H14ClIN2O2/c18-10-3-6-15-13(8-10)16(22)2-1-7-21(15)17(23)12-5-4-11(20)9-14(12)19/h3-6,8-9H,1-2,7,20H2. The van der Waals surface area contributed by atoms with E-state index < -0.39 is 0 Å². The number of benzene rings is 2.